The number of anilines is 2. The van der Waals surface area contributed by atoms with E-state index < -0.39 is 19.7 Å². The summed E-state index contributed by atoms with van der Waals surface area (Å²) < 4.78 is 53.9. The molecule has 16 heteroatoms. The number of sulfone groups is 2. The fraction of sp³-hybridized carbons (Fsp3) is 0.180. The van der Waals surface area contributed by atoms with E-state index in [1.54, 1.807) is 72.9 Å². The topological polar surface area (TPSA) is 208 Å². The van der Waals surface area contributed by atoms with Gasteiger partial charge in [0.2, 0.25) is 5.88 Å². The maximum Gasteiger partial charge on any atom is 0.261 e. The number of nitrogens with one attached hydrogen (secondary N) is 3. The maximum atomic E-state index is 12.7. The van der Waals surface area contributed by atoms with Crippen molar-refractivity contribution in [3.63, 3.8) is 0 Å². The van der Waals surface area contributed by atoms with E-state index in [1.807, 2.05) is 36.4 Å². The van der Waals surface area contributed by atoms with Crippen LogP contribution in [0.15, 0.2) is 153 Å². The summed E-state index contributed by atoms with van der Waals surface area (Å²) in [6.45, 7) is 5.58. The van der Waals surface area contributed by atoms with Gasteiger partial charge in [0, 0.05) is 41.7 Å². The van der Waals surface area contributed by atoms with Gasteiger partial charge in [-0.2, -0.15) is 5.26 Å². The van der Waals surface area contributed by atoms with Gasteiger partial charge in [0.15, 0.2) is 19.7 Å². The highest BCUT2D eigenvalue weighted by molar-refractivity contribution is 7.91. The Morgan fingerprint density at radius 3 is 1.80 bits per heavy atom. The summed E-state index contributed by atoms with van der Waals surface area (Å²) in [5.41, 5.74) is 4.33. The number of benzene rings is 4. The molecular weight excluding hydrogens is 875 g/mol. The van der Waals surface area contributed by atoms with Crippen LogP contribution >= 0.6 is 0 Å². The van der Waals surface area contributed by atoms with E-state index in [-0.39, 0.29) is 32.2 Å². The van der Waals surface area contributed by atoms with Crippen LogP contribution in [0, 0.1) is 11.3 Å². The molecule has 1 aliphatic rings. The van der Waals surface area contributed by atoms with Crippen LogP contribution in [-0.4, -0.2) is 73.8 Å². The first-order valence-corrected chi connectivity index (χ1v) is 24.9. The molecule has 0 spiro atoms. The zero-order chi connectivity index (χ0) is 46.6. The van der Waals surface area contributed by atoms with Crippen molar-refractivity contribution in [1.82, 2.24) is 24.8 Å². The summed E-state index contributed by atoms with van der Waals surface area (Å²) in [5, 5.41) is 14.3. The molecule has 0 bridgehead atoms. The van der Waals surface area contributed by atoms with Gasteiger partial charge in [0.05, 0.1) is 38.2 Å². The summed E-state index contributed by atoms with van der Waals surface area (Å²) in [4.78, 5) is 42.6. The van der Waals surface area contributed by atoms with Crippen LogP contribution in [0.4, 0.5) is 11.5 Å². The Bertz CT molecular complexity index is 3490. The van der Waals surface area contributed by atoms with Crippen LogP contribution in [0.1, 0.15) is 36.8 Å². The minimum absolute atomic E-state index is 0.0822. The summed E-state index contributed by atoms with van der Waals surface area (Å²) in [5.74, 6) is 1.49. The van der Waals surface area contributed by atoms with Gasteiger partial charge in [-0.1, -0.05) is 43.3 Å². The van der Waals surface area contributed by atoms with Gasteiger partial charge in [-0.05, 0) is 140 Å². The number of ether oxygens (including phenoxy) is 1. The number of likely N-dealkylation sites (tertiary alicyclic amines) is 1. The fourth-order valence-electron chi connectivity index (χ4n) is 7.89. The minimum atomic E-state index is -3.39. The normalized spacial score (nSPS) is 13.4. The number of H-pyrrole nitrogens is 2. The Morgan fingerprint density at radius 1 is 0.712 bits per heavy atom. The molecule has 5 heterocycles. The highest BCUT2D eigenvalue weighted by Gasteiger charge is 2.20. The molecule has 4 aromatic carbocycles. The van der Waals surface area contributed by atoms with E-state index in [9.17, 15) is 26.4 Å². The number of aromatic nitrogens is 4. The lowest BCUT2D eigenvalue weighted by Gasteiger charge is -2.31. The van der Waals surface area contributed by atoms with Gasteiger partial charge in [0.25, 0.3) is 11.1 Å². The summed E-state index contributed by atoms with van der Waals surface area (Å²) >= 11 is 0. The largest absolute Gasteiger partial charge is 0.438 e. The Kier molecular flexibility index (Phi) is 13.0. The van der Waals surface area contributed by atoms with Gasteiger partial charge in [0.1, 0.15) is 17.0 Å². The fourth-order valence-corrected chi connectivity index (χ4v) is 9.23. The molecule has 3 N–H and O–H groups in total. The Balaban J connectivity index is 0.000000182. The van der Waals surface area contributed by atoms with Crippen LogP contribution < -0.4 is 21.2 Å². The van der Waals surface area contributed by atoms with Crippen molar-refractivity contribution in [2.45, 2.75) is 35.5 Å². The Morgan fingerprint density at radius 2 is 1.26 bits per heavy atom. The van der Waals surface area contributed by atoms with E-state index in [0.29, 0.717) is 56.3 Å². The Labute approximate surface area is 381 Å². The van der Waals surface area contributed by atoms with Crippen molar-refractivity contribution in [3.8, 4) is 40.2 Å². The van der Waals surface area contributed by atoms with Crippen LogP contribution in [0.25, 0.3) is 44.1 Å². The molecule has 0 atom stereocenters. The molecule has 9 rings (SSSR count). The van der Waals surface area contributed by atoms with Gasteiger partial charge >= 0.3 is 0 Å². The molecular formula is C50H45N7O7S2. The lowest BCUT2D eigenvalue weighted by Crippen LogP contribution is -2.32. The molecule has 4 aromatic heterocycles. The van der Waals surface area contributed by atoms with E-state index in [0.717, 1.165) is 49.8 Å². The lowest BCUT2D eigenvalue weighted by atomic mass is 9.89. The summed E-state index contributed by atoms with van der Waals surface area (Å²) in [6, 6.07) is 37.0. The number of rotatable bonds is 10. The van der Waals surface area contributed by atoms with Crippen molar-refractivity contribution < 1.29 is 21.6 Å². The van der Waals surface area contributed by atoms with Crippen molar-refractivity contribution >= 4 is 52.7 Å². The standard InChI is InChI=1S/C28H30N4O3S.C22H15N3O4S/c1-3-32-15-12-20(13-16-32)19-7-9-23(10-8-19)30-27-26-22(11-14-29-28(26)33)18-25(31-27)21-5-4-6-24(17-21)36(2,34)35;1-30(27,28)18-4-2-3-15(11-18)19-12-16-9-10-24-21(26)20(16)22(25-19)29-17-7-5-14(13-23)6-8-17/h4-11,14,17-18,20H,3,12-13,15-16H2,1-2H3,(H,29,33)(H,30,31);2-12H,1H3,(H,24,26). The molecule has 0 aliphatic carbocycles. The molecule has 0 saturated carbocycles. The number of hydrogen-bond acceptors (Lipinski definition) is 12. The molecule has 8 aromatic rings. The minimum Gasteiger partial charge on any atom is -0.438 e. The van der Waals surface area contributed by atoms with Crippen LogP contribution in [-0.2, 0) is 19.7 Å². The van der Waals surface area contributed by atoms with Crippen LogP contribution in [0.5, 0.6) is 11.6 Å². The quantitative estimate of drug-likeness (QED) is 0.118. The smallest absolute Gasteiger partial charge is 0.261 e. The number of fused-ring (bicyclic) bond motifs is 2. The Hall–Kier alpha value is -7.45. The van der Waals surface area contributed by atoms with E-state index >= 15 is 0 Å². The number of piperidine rings is 1. The first kappa shape index (κ1) is 45.1. The van der Waals surface area contributed by atoms with Gasteiger partial charge in [-0.15, -0.1) is 0 Å². The second kappa shape index (κ2) is 18.9. The van der Waals surface area contributed by atoms with Gasteiger partial charge in [-0.25, -0.2) is 26.8 Å². The second-order valence-electron chi connectivity index (χ2n) is 16.0. The predicted molar refractivity (Wildman–Crippen MR) is 257 cm³/mol. The molecule has 66 heavy (non-hydrogen) atoms. The van der Waals surface area contributed by atoms with Crippen molar-refractivity contribution in [2.24, 2.45) is 0 Å². The number of nitrogens with zero attached hydrogens (tertiary/aromatic N) is 4. The third-order valence-electron chi connectivity index (χ3n) is 11.5. The molecule has 14 nitrogen and oxygen atoms in total. The second-order valence-corrected chi connectivity index (χ2v) is 20.0. The monoisotopic (exact) mass is 919 g/mol. The van der Waals surface area contributed by atoms with Gasteiger partial charge < -0.3 is 24.9 Å². The van der Waals surface area contributed by atoms with E-state index in [1.165, 1.54) is 30.1 Å². The average molecular weight is 920 g/mol. The third-order valence-corrected chi connectivity index (χ3v) is 13.7. The first-order chi connectivity index (χ1) is 31.7. The molecule has 0 unspecified atom stereocenters. The van der Waals surface area contributed by atoms with Crippen molar-refractivity contribution in [3.05, 3.63) is 166 Å². The maximum absolute atomic E-state index is 12.7. The lowest BCUT2D eigenvalue weighted by molar-refractivity contribution is 0.222. The van der Waals surface area contributed by atoms with E-state index in [2.05, 4.69) is 44.2 Å². The number of aromatic amines is 2. The van der Waals surface area contributed by atoms with Gasteiger partial charge in [-0.3, -0.25) is 9.59 Å². The van der Waals surface area contributed by atoms with Crippen molar-refractivity contribution in [1.29, 1.82) is 5.26 Å². The molecule has 334 valence electrons. The highest BCUT2D eigenvalue weighted by Crippen LogP contribution is 2.33. The molecule has 0 amide bonds. The first-order valence-electron chi connectivity index (χ1n) is 21.1. The zero-order valence-corrected chi connectivity index (χ0v) is 37.9. The number of hydrogen-bond donors (Lipinski definition) is 3. The SMILES string of the molecule is CCN1CCC(c2ccc(Nc3nc(-c4cccc(S(C)(=O)=O)c4)cc4cc[nH]c(=O)c34)cc2)CC1.CS(=O)(=O)c1cccc(-c2cc3cc[nH]c(=O)c3c(Oc3ccc(C#N)cc3)n2)c1. The van der Waals surface area contributed by atoms with E-state index in [4.69, 9.17) is 15.0 Å². The van der Waals surface area contributed by atoms with Crippen LogP contribution in [0.2, 0.25) is 0 Å². The highest BCUT2D eigenvalue weighted by atomic mass is 32.2. The number of nitriles is 1. The summed E-state index contributed by atoms with van der Waals surface area (Å²) in [6.07, 6.45) is 7.77. The molecule has 1 fully saturated rings. The third kappa shape index (κ3) is 10.2. The van der Waals surface area contributed by atoms with Crippen molar-refractivity contribution in [2.75, 3.05) is 37.5 Å². The molecule has 1 aliphatic heterocycles. The number of pyridine rings is 4. The summed E-state index contributed by atoms with van der Waals surface area (Å²) in [7, 11) is -6.75. The zero-order valence-electron chi connectivity index (χ0n) is 36.3. The molecule has 0 radical (unpaired) electrons. The predicted octanol–water partition coefficient (Wildman–Crippen LogP) is 8.59. The van der Waals surface area contributed by atoms with Crippen LogP contribution in [0.3, 0.4) is 0 Å². The average Bonchev–Trinajstić information content (AvgIpc) is 3.32. The molecule has 1 saturated heterocycles.